The van der Waals surface area contributed by atoms with E-state index in [1.807, 2.05) is 30.5 Å². The maximum atomic E-state index is 5.94. The van der Waals surface area contributed by atoms with Crippen LogP contribution in [0.15, 0.2) is 47.1 Å². The smallest absolute Gasteiger partial charge is 0.129 e. The molecule has 0 spiro atoms. The molecule has 0 radical (unpaired) electrons. The van der Waals surface area contributed by atoms with E-state index in [1.165, 1.54) is 5.56 Å². The van der Waals surface area contributed by atoms with Gasteiger partial charge in [0.15, 0.2) is 0 Å². The topological polar surface area (TPSA) is 34.2 Å². The van der Waals surface area contributed by atoms with Gasteiger partial charge in [-0.05, 0) is 42.0 Å². The van der Waals surface area contributed by atoms with E-state index >= 15 is 0 Å². The van der Waals surface area contributed by atoms with Gasteiger partial charge < -0.3 is 14.5 Å². The molecule has 3 nitrogen and oxygen atoms in total. The van der Waals surface area contributed by atoms with E-state index in [4.69, 9.17) is 9.47 Å². The standard InChI is InChI=1S/C17H14BrNO2/c18-14-7-12-4-6-20-17(12)13(8-14)10-21-15-1-2-16-11(9-15)3-5-19-16/h1-3,5,7-9,19H,4,6,10H2. The lowest BCUT2D eigenvalue weighted by atomic mass is 10.1. The van der Waals surface area contributed by atoms with Crippen molar-refractivity contribution < 1.29 is 9.47 Å². The zero-order chi connectivity index (χ0) is 14.2. The summed E-state index contributed by atoms with van der Waals surface area (Å²) >= 11 is 3.55. The molecule has 0 amide bonds. The minimum absolute atomic E-state index is 0.512. The quantitative estimate of drug-likeness (QED) is 0.762. The Bertz CT molecular complexity index is 810. The Kier molecular flexibility index (Phi) is 3.11. The first-order valence-corrected chi connectivity index (χ1v) is 7.73. The molecule has 0 bridgehead atoms. The number of ether oxygens (including phenoxy) is 2. The molecule has 0 atom stereocenters. The SMILES string of the molecule is Brc1cc2c(c(COc3ccc4[nH]ccc4c3)c1)OCC2. The molecule has 21 heavy (non-hydrogen) atoms. The highest BCUT2D eigenvalue weighted by molar-refractivity contribution is 9.10. The van der Waals surface area contributed by atoms with Gasteiger partial charge in [-0.1, -0.05) is 15.9 Å². The molecule has 1 aliphatic heterocycles. The van der Waals surface area contributed by atoms with Gasteiger partial charge in [0.1, 0.15) is 18.1 Å². The summed E-state index contributed by atoms with van der Waals surface area (Å²) in [6.45, 7) is 1.27. The molecule has 4 heteroatoms. The van der Waals surface area contributed by atoms with Crippen LogP contribution >= 0.6 is 15.9 Å². The Morgan fingerprint density at radius 1 is 1.19 bits per heavy atom. The number of aromatic nitrogens is 1. The van der Waals surface area contributed by atoms with Gasteiger partial charge in [0, 0.05) is 33.6 Å². The predicted octanol–water partition coefficient (Wildman–Crippen LogP) is 4.44. The predicted molar refractivity (Wildman–Crippen MR) is 86.0 cm³/mol. The fraction of sp³-hybridized carbons (Fsp3) is 0.176. The van der Waals surface area contributed by atoms with E-state index in [2.05, 4.69) is 33.0 Å². The maximum Gasteiger partial charge on any atom is 0.129 e. The van der Waals surface area contributed by atoms with Gasteiger partial charge in [0.05, 0.1) is 6.61 Å². The van der Waals surface area contributed by atoms with Gasteiger partial charge in [0.25, 0.3) is 0 Å². The lowest BCUT2D eigenvalue weighted by Gasteiger charge is -2.11. The number of nitrogens with one attached hydrogen (secondary N) is 1. The molecule has 1 aliphatic rings. The van der Waals surface area contributed by atoms with E-state index in [-0.39, 0.29) is 0 Å². The van der Waals surface area contributed by atoms with Gasteiger partial charge in [0.2, 0.25) is 0 Å². The largest absolute Gasteiger partial charge is 0.493 e. The molecule has 0 saturated carbocycles. The number of halogens is 1. The number of H-pyrrole nitrogens is 1. The summed E-state index contributed by atoms with van der Waals surface area (Å²) in [4.78, 5) is 3.18. The van der Waals surface area contributed by atoms with Crippen LogP contribution in [0.1, 0.15) is 11.1 Å². The number of aromatic amines is 1. The van der Waals surface area contributed by atoms with Crippen molar-refractivity contribution in [1.29, 1.82) is 0 Å². The highest BCUT2D eigenvalue weighted by Gasteiger charge is 2.17. The Balaban J connectivity index is 1.59. The first-order valence-electron chi connectivity index (χ1n) is 6.94. The highest BCUT2D eigenvalue weighted by atomic mass is 79.9. The molecule has 0 fully saturated rings. The lowest BCUT2D eigenvalue weighted by Crippen LogP contribution is -1.98. The second kappa shape index (κ2) is 5.11. The molecule has 106 valence electrons. The molecule has 4 rings (SSSR count). The number of hydrogen-bond donors (Lipinski definition) is 1. The molecular formula is C17H14BrNO2. The van der Waals surface area contributed by atoms with E-state index in [9.17, 15) is 0 Å². The number of hydrogen-bond acceptors (Lipinski definition) is 2. The first-order chi connectivity index (χ1) is 10.3. The van der Waals surface area contributed by atoms with Crippen molar-refractivity contribution in [3.05, 3.63) is 58.2 Å². The van der Waals surface area contributed by atoms with E-state index < -0.39 is 0 Å². The highest BCUT2D eigenvalue weighted by Crippen LogP contribution is 2.33. The summed E-state index contributed by atoms with van der Waals surface area (Å²) in [6, 6.07) is 12.3. The number of rotatable bonds is 3. The van der Waals surface area contributed by atoms with Gasteiger partial charge in [-0.2, -0.15) is 0 Å². The summed E-state index contributed by atoms with van der Waals surface area (Å²) in [5.41, 5.74) is 3.46. The summed E-state index contributed by atoms with van der Waals surface area (Å²) in [5, 5.41) is 1.16. The summed E-state index contributed by atoms with van der Waals surface area (Å²) < 4.78 is 12.7. The van der Waals surface area contributed by atoms with Crippen LogP contribution in [-0.4, -0.2) is 11.6 Å². The molecule has 0 unspecified atom stereocenters. The minimum atomic E-state index is 0.512. The molecule has 1 N–H and O–H groups in total. The Labute approximate surface area is 131 Å². The van der Waals surface area contributed by atoms with Crippen LogP contribution in [0.4, 0.5) is 0 Å². The lowest BCUT2D eigenvalue weighted by molar-refractivity contribution is 0.292. The third-order valence-corrected chi connectivity index (χ3v) is 4.20. The minimum Gasteiger partial charge on any atom is -0.493 e. The molecule has 2 aromatic carbocycles. The molecule has 3 aromatic rings. The average Bonchev–Trinajstić information content (AvgIpc) is 3.12. The normalized spacial score (nSPS) is 13.2. The fourth-order valence-electron chi connectivity index (χ4n) is 2.74. The average molecular weight is 344 g/mol. The van der Waals surface area contributed by atoms with Gasteiger partial charge in [-0.3, -0.25) is 0 Å². The van der Waals surface area contributed by atoms with Crippen molar-refractivity contribution in [3.63, 3.8) is 0 Å². The molecular weight excluding hydrogens is 330 g/mol. The first kappa shape index (κ1) is 12.8. The zero-order valence-corrected chi connectivity index (χ0v) is 12.9. The Hall–Kier alpha value is -1.94. The van der Waals surface area contributed by atoms with Crippen LogP contribution in [0.5, 0.6) is 11.5 Å². The van der Waals surface area contributed by atoms with Crippen molar-refractivity contribution in [2.75, 3.05) is 6.61 Å². The van der Waals surface area contributed by atoms with Crippen LogP contribution in [0.2, 0.25) is 0 Å². The van der Waals surface area contributed by atoms with Gasteiger partial charge >= 0.3 is 0 Å². The molecule has 1 aromatic heterocycles. The second-order valence-electron chi connectivity index (χ2n) is 5.17. The van der Waals surface area contributed by atoms with Crippen LogP contribution in [0, 0.1) is 0 Å². The van der Waals surface area contributed by atoms with E-state index in [0.717, 1.165) is 45.5 Å². The van der Waals surface area contributed by atoms with Crippen molar-refractivity contribution >= 4 is 26.8 Å². The van der Waals surface area contributed by atoms with Crippen molar-refractivity contribution in [2.24, 2.45) is 0 Å². The van der Waals surface area contributed by atoms with Crippen LogP contribution in [0.25, 0.3) is 10.9 Å². The van der Waals surface area contributed by atoms with E-state index in [0.29, 0.717) is 6.61 Å². The van der Waals surface area contributed by atoms with Gasteiger partial charge in [-0.15, -0.1) is 0 Å². The van der Waals surface area contributed by atoms with Gasteiger partial charge in [-0.25, -0.2) is 0 Å². The maximum absolute atomic E-state index is 5.94. The Morgan fingerprint density at radius 3 is 3.10 bits per heavy atom. The van der Waals surface area contributed by atoms with Crippen LogP contribution in [-0.2, 0) is 13.0 Å². The number of benzene rings is 2. The monoisotopic (exact) mass is 343 g/mol. The van der Waals surface area contributed by atoms with Crippen molar-refractivity contribution in [2.45, 2.75) is 13.0 Å². The summed E-state index contributed by atoms with van der Waals surface area (Å²) in [6.07, 6.45) is 2.90. The van der Waals surface area contributed by atoms with E-state index in [1.54, 1.807) is 0 Å². The van der Waals surface area contributed by atoms with Crippen molar-refractivity contribution in [1.82, 2.24) is 4.98 Å². The third kappa shape index (κ3) is 2.40. The van der Waals surface area contributed by atoms with Crippen molar-refractivity contribution in [3.8, 4) is 11.5 Å². The summed E-state index contributed by atoms with van der Waals surface area (Å²) in [7, 11) is 0. The fourth-order valence-corrected chi connectivity index (χ4v) is 3.29. The Morgan fingerprint density at radius 2 is 2.14 bits per heavy atom. The molecule has 2 heterocycles. The third-order valence-electron chi connectivity index (χ3n) is 3.74. The summed E-state index contributed by atoms with van der Waals surface area (Å²) in [5.74, 6) is 1.86. The molecule has 0 aliphatic carbocycles. The molecule has 0 saturated heterocycles. The number of fused-ring (bicyclic) bond motifs is 2. The second-order valence-corrected chi connectivity index (χ2v) is 6.08. The van der Waals surface area contributed by atoms with Crippen LogP contribution < -0.4 is 9.47 Å². The van der Waals surface area contributed by atoms with Crippen LogP contribution in [0.3, 0.4) is 0 Å². The zero-order valence-electron chi connectivity index (χ0n) is 11.4.